The summed E-state index contributed by atoms with van der Waals surface area (Å²) in [6.07, 6.45) is 0. The molecule has 0 spiro atoms. The number of hydrazine groups is 1. The third kappa shape index (κ3) is 3.48. The Morgan fingerprint density at radius 1 is 1.23 bits per heavy atom. The molecular formula is C14H14N4O4. The molecule has 2 aromatic rings. The molecule has 0 unspecified atom stereocenters. The van der Waals surface area contributed by atoms with Gasteiger partial charge < -0.3 is 4.74 Å². The van der Waals surface area contributed by atoms with Crippen molar-refractivity contribution >= 4 is 17.4 Å². The number of hydrogen-bond acceptors (Lipinski definition) is 6. The number of pyridine rings is 1. The molecule has 8 nitrogen and oxygen atoms in total. The van der Waals surface area contributed by atoms with E-state index in [9.17, 15) is 14.9 Å². The van der Waals surface area contributed by atoms with Crippen LogP contribution in [0.4, 0.5) is 11.5 Å². The molecule has 0 aliphatic heterocycles. The predicted molar refractivity (Wildman–Crippen MR) is 79.7 cm³/mol. The van der Waals surface area contributed by atoms with Crippen molar-refractivity contribution in [3.8, 4) is 5.75 Å². The van der Waals surface area contributed by atoms with Crippen molar-refractivity contribution in [3.63, 3.8) is 0 Å². The normalized spacial score (nSPS) is 9.91. The first-order valence-corrected chi connectivity index (χ1v) is 6.33. The zero-order chi connectivity index (χ0) is 16.1. The summed E-state index contributed by atoms with van der Waals surface area (Å²) in [5.74, 6) is 0.160. The number of nitrogens with one attached hydrogen (secondary N) is 2. The van der Waals surface area contributed by atoms with E-state index >= 15 is 0 Å². The number of ether oxygens (including phenoxy) is 1. The molecule has 1 heterocycles. The first-order chi connectivity index (χ1) is 10.5. The van der Waals surface area contributed by atoms with Crippen LogP contribution in [0.1, 0.15) is 16.1 Å². The number of aromatic nitrogens is 1. The van der Waals surface area contributed by atoms with E-state index in [1.165, 1.54) is 19.2 Å². The minimum Gasteiger partial charge on any atom is -0.497 e. The molecule has 0 atom stereocenters. The van der Waals surface area contributed by atoms with Crippen LogP contribution in [0.15, 0.2) is 36.4 Å². The van der Waals surface area contributed by atoms with E-state index in [0.29, 0.717) is 17.0 Å². The number of aryl methyl sites for hydroxylation is 1. The summed E-state index contributed by atoms with van der Waals surface area (Å²) in [7, 11) is 1.53. The average Bonchev–Trinajstić information content (AvgIpc) is 2.52. The lowest BCUT2D eigenvalue weighted by Gasteiger charge is -2.09. The predicted octanol–water partition coefficient (Wildman–Crippen LogP) is 2.06. The zero-order valence-electron chi connectivity index (χ0n) is 12.0. The Labute approximate surface area is 126 Å². The maximum absolute atomic E-state index is 12.0. The van der Waals surface area contributed by atoms with Crippen molar-refractivity contribution in [2.75, 3.05) is 12.5 Å². The summed E-state index contributed by atoms with van der Waals surface area (Å²) < 4.78 is 5.00. The van der Waals surface area contributed by atoms with E-state index < -0.39 is 10.8 Å². The number of carbonyl (C=O) groups is 1. The third-order valence-electron chi connectivity index (χ3n) is 2.86. The Balaban J connectivity index is 2.10. The molecule has 114 valence electrons. The fraction of sp³-hybridized carbons (Fsp3) is 0.143. The molecule has 0 saturated carbocycles. The SMILES string of the molecule is COc1ccc(C(=O)NNc2nc(C)ccc2[N+](=O)[O-])cc1. The van der Waals surface area contributed by atoms with Crippen molar-refractivity contribution in [1.82, 2.24) is 10.4 Å². The summed E-state index contributed by atoms with van der Waals surface area (Å²) in [5.41, 5.74) is 5.60. The number of rotatable bonds is 5. The second-order valence-corrected chi connectivity index (χ2v) is 4.39. The molecule has 1 aromatic heterocycles. The van der Waals surface area contributed by atoms with Crippen LogP contribution < -0.4 is 15.6 Å². The fourth-order valence-electron chi connectivity index (χ4n) is 1.72. The van der Waals surface area contributed by atoms with Crippen molar-refractivity contribution < 1.29 is 14.5 Å². The molecule has 0 aliphatic carbocycles. The Morgan fingerprint density at radius 2 is 1.91 bits per heavy atom. The van der Waals surface area contributed by atoms with Gasteiger partial charge in [-0.25, -0.2) is 4.98 Å². The molecule has 0 radical (unpaired) electrons. The van der Waals surface area contributed by atoms with Crippen LogP contribution in [0.5, 0.6) is 5.75 Å². The topological polar surface area (TPSA) is 106 Å². The Hall–Kier alpha value is -3.16. The van der Waals surface area contributed by atoms with E-state index in [-0.39, 0.29) is 11.5 Å². The van der Waals surface area contributed by atoms with Gasteiger partial charge in [-0.2, -0.15) is 0 Å². The lowest BCUT2D eigenvalue weighted by Crippen LogP contribution is -2.30. The number of benzene rings is 1. The molecule has 1 aromatic carbocycles. The van der Waals surface area contributed by atoms with Gasteiger partial charge in [-0.05, 0) is 37.3 Å². The number of anilines is 1. The van der Waals surface area contributed by atoms with Crippen LogP contribution in [0.3, 0.4) is 0 Å². The van der Waals surface area contributed by atoms with Crippen LogP contribution in [-0.2, 0) is 0 Å². The minimum absolute atomic E-state index is 0.0214. The van der Waals surface area contributed by atoms with E-state index in [1.807, 2.05) is 0 Å². The smallest absolute Gasteiger partial charge is 0.313 e. The van der Waals surface area contributed by atoms with Gasteiger partial charge in [0.25, 0.3) is 5.91 Å². The van der Waals surface area contributed by atoms with Gasteiger partial charge in [0.2, 0.25) is 5.82 Å². The third-order valence-corrected chi connectivity index (χ3v) is 2.86. The highest BCUT2D eigenvalue weighted by molar-refractivity contribution is 5.95. The molecule has 0 aliphatic rings. The van der Waals surface area contributed by atoms with Gasteiger partial charge in [0.1, 0.15) is 5.75 Å². The number of amides is 1. The van der Waals surface area contributed by atoms with Crippen molar-refractivity contribution in [3.05, 3.63) is 57.8 Å². The van der Waals surface area contributed by atoms with E-state index in [4.69, 9.17) is 4.74 Å². The van der Waals surface area contributed by atoms with Gasteiger partial charge in [-0.1, -0.05) is 0 Å². The van der Waals surface area contributed by atoms with Gasteiger partial charge in [0, 0.05) is 17.3 Å². The highest BCUT2D eigenvalue weighted by Crippen LogP contribution is 2.21. The van der Waals surface area contributed by atoms with Crippen molar-refractivity contribution in [2.45, 2.75) is 6.92 Å². The Morgan fingerprint density at radius 3 is 2.50 bits per heavy atom. The number of nitro groups is 1. The van der Waals surface area contributed by atoms with Crippen molar-refractivity contribution in [2.24, 2.45) is 0 Å². The van der Waals surface area contributed by atoms with Crippen LogP contribution >= 0.6 is 0 Å². The quantitative estimate of drug-likeness (QED) is 0.647. The number of carbonyl (C=O) groups excluding carboxylic acids is 1. The van der Waals surface area contributed by atoms with Gasteiger partial charge in [0.15, 0.2) is 0 Å². The molecule has 2 rings (SSSR count). The molecule has 1 amide bonds. The van der Waals surface area contributed by atoms with E-state index in [0.717, 1.165) is 0 Å². The number of methoxy groups -OCH3 is 1. The minimum atomic E-state index is -0.575. The maximum Gasteiger partial charge on any atom is 0.313 e. The van der Waals surface area contributed by atoms with Crippen LogP contribution in [0.2, 0.25) is 0 Å². The first kappa shape index (κ1) is 15.2. The lowest BCUT2D eigenvalue weighted by molar-refractivity contribution is -0.384. The van der Waals surface area contributed by atoms with E-state index in [1.54, 1.807) is 31.2 Å². The lowest BCUT2D eigenvalue weighted by atomic mass is 10.2. The molecular weight excluding hydrogens is 288 g/mol. The highest BCUT2D eigenvalue weighted by Gasteiger charge is 2.16. The second-order valence-electron chi connectivity index (χ2n) is 4.39. The average molecular weight is 302 g/mol. The summed E-state index contributed by atoms with van der Waals surface area (Å²) in [6.45, 7) is 1.69. The van der Waals surface area contributed by atoms with Gasteiger partial charge in [0.05, 0.1) is 12.0 Å². The summed E-state index contributed by atoms with van der Waals surface area (Å²) in [5, 5.41) is 10.9. The Kier molecular flexibility index (Phi) is 4.52. The molecule has 2 N–H and O–H groups in total. The molecule has 8 heteroatoms. The molecule has 22 heavy (non-hydrogen) atoms. The van der Waals surface area contributed by atoms with Gasteiger partial charge in [-0.15, -0.1) is 0 Å². The zero-order valence-corrected chi connectivity index (χ0v) is 12.0. The van der Waals surface area contributed by atoms with Gasteiger partial charge >= 0.3 is 5.69 Å². The summed E-state index contributed by atoms with van der Waals surface area (Å²) in [4.78, 5) is 26.3. The largest absolute Gasteiger partial charge is 0.497 e. The number of nitrogens with zero attached hydrogens (tertiary/aromatic N) is 2. The van der Waals surface area contributed by atoms with Crippen LogP contribution in [0.25, 0.3) is 0 Å². The first-order valence-electron chi connectivity index (χ1n) is 6.33. The van der Waals surface area contributed by atoms with Crippen molar-refractivity contribution in [1.29, 1.82) is 0 Å². The maximum atomic E-state index is 12.0. The molecule has 0 saturated heterocycles. The highest BCUT2D eigenvalue weighted by atomic mass is 16.6. The number of hydrogen-bond donors (Lipinski definition) is 2. The van der Waals surface area contributed by atoms with Gasteiger partial charge in [-0.3, -0.25) is 25.8 Å². The van der Waals surface area contributed by atoms with Crippen LogP contribution in [0, 0.1) is 17.0 Å². The standard InChI is InChI=1S/C14H14N4O4/c1-9-3-8-12(18(20)21)13(15-9)16-17-14(19)10-4-6-11(22-2)7-5-10/h3-8H,1-2H3,(H,15,16)(H,17,19). The monoisotopic (exact) mass is 302 g/mol. The fourth-order valence-corrected chi connectivity index (χ4v) is 1.72. The summed E-state index contributed by atoms with van der Waals surface area (Å²) >= 11 is 0. The molecule has 0 bridgehead atoms. The van der Waals surface area contributed by atoms with Crippen LogP contribution in [-0.4, -0.2) is 22.9 Å². The Bertz CT molecular complexity index is 700. The van der Waals surface area contributed by atoms with E-state index in [2.05, 4.69) is 15.8 Å². The molecule has 0 fully saturated rings. The second kappa shape index (κ2) is 6.53. The summed E-state index contributed by atoms with van der Waals surface area (Å²) in [6, 6.07) is 9.28.